The molecule has 3 rings (SSSR count). The van der Waals surface area contributed by atoms with Crippen LogP contribution in [0.2, 0.25) is 10.0 Å². The molecule has 0 fully saturated rings. The van der Waals surface area contributed by atoms with E-state index in [0.29, 0.717) is 39.1 Å². The Hall–Kier alpha value is -2.63. The zero-order chi connectivity index (χ0) is 20.4. The number of pyridine rings is 2. The first-order valence-corrected chi connectivity index (χ1v) is 9.44. The highest BCUT2D eigenvalue weighted by Crippen LogP contribution is 2.32. The molecule has 0 amide bonds. The first-order valence-electron chi connectivity index (χ1n) is 8.68. The number of hydrogen-bond donors (Lipinski definition) is 0. The summed E-state index contributed by atoms with van der Waals surface area (Å²) in [4.78, 5) is 29.1. The van der Waals surface area contributed by atoms with Gasteiger partial charge in [-0.1, -0.05) is 29.3 Å². The van der Waals surface area contributed by atoms with Crippen molar-refractivity contribution in [2.45, 2.75) is 20.4 Å². The van der Waals surface area contributed by atoms with Gasteiger partial charge >= 0.3 is 5.97 Å². The molecule has 0 radical (unpaired) electrons. The number of aromatic amines is 1. The van der Waals surface area contributed by atoms with Crippen LogP contribution in [0.3, 0.4) is 0 Å². The van der Waals surface area contributed by atoms with E-state index in [9.17, 15) is 9.59 Å². The Labute approximate surface area is 172 Å². The summed E-state index contributed by atoms with van der Waals surface area (Å²) in [5.41, 5.74) is 2.39. The number of aromatic nitrogens is 2. The number of esters is 1. The van der Waals surface area contributed by atoms with E-state index in [2.05, 4.69) is 4.98 Å². The third-order valence-corrected chi connectivity index (χ3v) is 5.34. The Bertz CT molecular complexity index is 1110. The first-order chi connectivity index (χ1) is 13.4. The normalized spacial score (nSPS) is 10.8. The second kappa shape index (κ2) is 8.17. The van der Waals surface area contributed by atoms with E-state index in [1.807, 2.05) is 30.5 Å². The molecule has 5 nitrogen and oxygen atoms in total. The lowest BCUT2D eigenvalue weighted by Crippen LogP contribution is -2.27. The monoisotopic (exact) mass is 417 g/mol. The minimum Gasteiger partial charge on any atom is -0.465 e. The minimum atomic E-state index is -0.703. The van der Waals surface area contributed by atoms with Crippen molar-refractivity contribution in [3.8, 4) is 22.5 Å². The number of carbonyl (C=O) groups is 1. The summed E-state index contributed by atoms with van der Waals surface area (Å²) < 4.78 is 6.85. The molecular formula is C21H19Cl2N2O3+. The molecule has 1 N–H and O–H groups in total. The van der Waals surface area contributed by atoms with Gasteiger partial charge in [-0.25, -0.2) is 9.78 Å². The number of H-pyrrole nitrogens is 1. The predicted octanol–water partition coefficient (Wildman–Crippen LogP) is 4.42. The molecule has 1 aromatic carbocycles. The quantitative estimate of drug-likeness (QED) is 0.590. The van der Waals surface area contributed by atoms with Crippen molar-refractivity contribution in [3.05, 3.63) is 74.1 Å². The number of benzene rings is 1. The number of nitrogens with zero attached hydrogens (tertiary/aromatic N) is 1. The van der Waals surface area contributed by atoms with Gasteiger partial charge in [0.25, 0.3) is 0 Å². The molecule has 2 aromatic heterocycles. The second-order valence-electron chi connectivity index (χ2n) is 6.15. The van der Waals surface area contributed by atoms with Crippen molar-refractivity contribution in [1.29, 1.82) is 0 Å². The number of carbonyl (C=O) groups excluding carboxylic acids is 1. The van der Waals surface area contributed by atoms with Crippen LogP contribution < -0.4 is 10.4 Å². The van der Waals surface area contributed by atoms with Gasteiger partial charge in [-0.15, -0.1) is 0 Å². The van der Waals surface area contributed by atoms with Gasteiger partial charge < -0.3 is 9.30 Å². The van der Waals surface area contributed by atoms with Crippen LogP contribution in [-0.2, 0) is 11.3 Å². The summed E-state index contributed by atoms with van der Waals surface area (Å²) in [6.45, 7) is 4.33. The summed E-state index contributed by atoms with van der Waals surface area (Å²) in [6.07, 6.45) is 1.73. The van der Waals surface area contributed by atoms with Gasteiger partial charge in [-0.3, -0.25) is 4.79 Å². The average molecular weight is 418 g/mol. The molecule has 0 bridgehead atoms. The van der Waals surface area contributed by atoms with Gasteiger partial charge in [0.15, 0.2) is 6.20 Å². The van der Waals surface area contributed by atoms with Crippen molar-refractivity contribution in [2.24, 2.45) is 0 Å². The molecule has 7 heteroatoms. The van der Waals surface area contributed by atoms with Crippen LogP contribution in [0.1, 0.15) is 23.0 Å². The zero-order valence-corrected chi connectivity index (χ0v) is 17.2. The predicted molar refractivity (Wildman–Crippen MR) is 110 cm³/mol. The molecule has 0 spiro atoms. The highest BCUT2D eigenvalue weighted by atomic mass is 35.5. The number of nitrogens with one attached hydrogen (secondary N) is 1. The molecule has 0 saturated carbocycles. The molecule has 2 heterocycles. The van der Waals surface area contributed by atoms with Crippen LogP contribution >= 0.6 is 23.2 Å². The van der Waals surface area contributed by atoms with Crippen LogP contribution in [0.4, 0.5) is 0 Å². The van der Waals surface area contributed by atoms with Crippen molar-refractivity contribution in [2.75, 3.05) is 7.11 Å². The lowest BCUT2D eigenvalue weighted by molar-refractivity contribution is -0.364. The Balaban J connectivity index is 2.47. The molecule has 0 aliphatic rings. The van der Waals surface area contributed by atoms with Crippen molar-refractivity contribution < 1.29 is 14.5 Å². The van der Waals surface area contributed by atoms with Crippen LogP contribution in [0, 0.1) is 6.92 Å². The van der Waals surface area contributed by atoms with Gasteiger partial charge in [-0.2, -0.15) is 0 Å². The number of ether oxygens (including phenoxy) is 1. The van der Waals surface area contributed by atoms with Crippen LogP contribution in [0.15, 0.2) is 47.4 Å². The maximum absolute atomic E-state index is 13.4. The number of halogens is 2. The summed E-state index contributed by atoms with van der Waals surface area (Å²) in [5, 5.41) is 0.728. The van der Waals surface area contributed by atoms with Gasteiger partial charge in [-0.05, 0) is 32.0 Å². The summed E-state index contributed by atoms with van der Waals surface area (Å²) in [6, 6.07) is 10.5. The van der Waals surface area contributed by atoms with Crippen LogP contribution in [0.5, 0.6) is 0 Å². The topological polar surface area (TPSA) is 62.4 Å². The van der Waals surface area contributed by atoms with E-state index < -0.39 is 11.4 Å². The van der Waals surface area contributed by atoms with E-state index in [1.165, 1.54) is 7.11 Å². The van der Waals surface area contributed by atoms with Gasteiger partial charge in [0.1, 0.15) is 11.1 Å². The lowest BCUT2D eigenvalue weighted by atomic mass is 9.98. The minimum absolute atomic E-state index is 0.0411. The molecule has 0 aliphatic carbocycles. The molecule has 0 unspecified atom stereocenters. The number of rotatable bonds is 4. The maximum atomic E-state index is 13.4. The highest BCUT2D eigenvalue weighted by molar-refractivity contribution is 6.42. The fraction of sp³-hybridized carbons (Fsp3) is 0.190. The third-order valence-electron chi connectivity index (χ3n) is 4.60. The number of hydrogen-bond acceptors (Lipinski definition) is 3. The Morgan fingerprint density at radius 2 is 1.93 bits per heavy atom. The van der Waals surface area contributed by atoms with E-state index >= 15 is 0 Å². The number of methoxy groups -OCH3 is 1. The Morgan fingerprint density at radius 3 is 2.50 bits per heavy atom. The molecule has 0 atom stereocenters. The van der Waals surface area contributed by atoms with Crippen molar-refractivity contribution in [3.63, 3.8) is 0 Å². The average Bonchev–Trinajstić information content (AvgIpc) is 2.70. The fourth-order valence-electron chi connectivity index (χ4n) is 3.33. The lowest BCUT2D eigenvalue weighted by Gasteiger charge is -2.20. The Kier molecular flexibility index (Phi) is 5.87. The summed E-state index contributed by atoms with van der Waals surface area (Å²) in [7, 11) is 1.25. The molecular weight excluding hydrogens is 399 g/mol. The van der Waals surface area contributed by atoms with Gasteiger partial charge in [0.05, 0.1) is 22.8 Å². The molecule has 28 heavy (non-hydrogen) atoms. The summed E-state index contributed by atoms with van der Waals surface area (Å²) >= 11 is 12.2. The third kappa shape index (κ3) is 3.43. The van der Waals surface area contributed by atoms with Crippen LogP contribution in [0.25, 0.3) is 22.5 Å². The van der Waals surface area contributed by atoms with E-state index in [-0.39, 0.29) is 5.56 Å². The van der Waals surface area contributed by atoms with Gasteiger partial charge in [0.2, 0.25) is 11.1 Å². The Morgan fingerprint density at radius 1 is 1.18 bits per heavy atom. The molecule has 0 saturated heterocycles. The molecule has 0 aliphatic heterocycles. The van der Waals surface area contributed by atoms with E-state index in [1.54, 1.807) is 30.5 Å². The largest absolute Gasteiger partial charge is 0.465 e. The van der Waals surface area contributed by atoms with Crippen molar-refractivity contribution in [1.82, 2.24) is 4.57 Å². The smallest absolute Gasteiger partial charge is 0.344 e. The molecule has 144 valence electrons. The highest BCUT2D eigenvalue weighted by Gasteiger charge is 2.28. The second-order valence-corrected chi connectivity index (χ2v) is 6.97. The summed E-state index contributed by atoms with van der Waals surface area (Å²) in [5.74, 6) is -0.703. The van der Waals surface area contributed by atoms with Gasteiger partial charge in [0, 0.05) is 29.9 Å². The van der Waals surface area contributed by atoms with Crippen molar-refractivity contribution >= 4 is 29.2 Å². The van der Waals surface area contributed by atoms with E-state index in [4.69, 9.17) is 27.9 Å². The maximum Gasteiger partial charge on any atom is 0.344 e. The first kappa shape index (κ1) is 20.1. The SMILES string of the molecule is CCn1c(C)c(-c2cccc[nH+]2)c(=O)c(C(=O)OC)c1-c1ccc(Cl)c(Cl)c1. The molecule has 3 aromatic rings. The zero-order valence-electron chi connectivity index (χ0n) is 15.7. The fourth-order valence-corrected chi connectivity index (χ4v) is 3.63. The van der Waals surface area contributed by atoms with Crippen LogP contribution in [-0.4, -0.2) is 17.6 Å². The van der Waals surface area contributed by atoms with E-state index in [0.717, 1.165) is 5.69 Å². The standard InChI is InChI=1S/C21H18Cl2N2O3/c1-4-25-12(2)17(16-7-5-6-10-24-16)20(26)18(21(27)28-3)19(25)13-8-9-14(22)15(23)11-13/h5-11H,4H2,1-3H3/p+1.